The third-order valence-corrected chi connectivity index (χ3v) is 3.99. The van der Waals surface area contributed by atoms with E-state index in [0.717, 1.165) is 4.31 Å². The van der Waals surface area contributed by atoms with Crippen molar-refractivity contribution in [3.8, 4) is 6.07 Å². The van der Waals surface area contributed by atoms with E-state index >= 15 is 0 Å². The quantitative estimate of drug-likeness (QED) is 0.761. The number of sulfonamides is 1. The third-order valence-electron chi connectivity index (χ3n) is 2.16. The van der Waals surface area contributed by atoms with Crippen LogP contribution in [0.4, 0.5) is 0 Å². The van der Waals surface area contributed by atoms with Crippen LogP contribution in [0, 0.1) is 11.3 Å². The van der Waals surface area contributed by atoms with Gasteiger partial charge in [-0.25, -0.2) is 13.4 Å². The highest BCUT2D eigenvalue weighted by molar-refractivity contribution is 7.89. The highest BCUT2D eigenvalue weighted by Crippen LogP contribution is 2.12. The Hall–Kier alpha value is -1.39. The van der Waals surface area contributed by atoms with E-state index in [1.54, 1.807) is 6.92 Å². The fourth-order valence-electron chi connectivity index (χ4n) is 1.24. The number of rotatable bonds is 5. The predicted octanol–water partition coefficient (Wildman–Crippen LogP) is 0.506. The Morgan fingerprint density at radius 3 is 2.69 bits per heavy atom. The number of nitrogens with one attached hydrogen (secondary N) is 1. The number of nitrogens with zero attached hydrogens (tertiary/aromatic N) is 3. The summed E-state index contributed by atoms with van der Waals surface area (Å²) in [6, 6.07) is 1.83. The first kappa shape index (κ1) is 12.7. The van der Waals surface area contributed by atoms with Crippen LogP contribution in [0.1, 0.15) is 19.7 Å². The van der Waals surface area contributed by atoms with Gasteiger partial charge in [-0.15, -0.1) is 0 Å². The number of H-pyrrole nitrogens is 1. The molecule has 0 aliphatic rings. The van der Waals surface area contributed by atoms with Gasteiger partial charge in [0.05, 0.1) is 12.3 Å². The molecule has 0 aromatic carbocycles. The molecule has 1 aromatic rings. The van der Waals surface area contributed by atoms with Gasteiger partial charge in [-0.05, 0) is 0 Å². The van der Waals surface area contributed by atoms with Crippen LogP contribution in [0.25, 0.3) is 0 Å². The Balaban J connectivity index is 3.05. The molecule has 0 spiro atoms. The van der Waals surface area contributed by atoms with E-state index in [9.17, 15) is 8.42 Å². The molecule has 6 nitrogen and oxygen atoms in total. The van der Waals surface area contributed by atoms with Crippen LogP contribution >= 0.6 is 0 Å². The summed E-state index contributed by atoms with van der Waals surface area (Å²) in [4.78, 5) is 6.66. The number of hydrogen-bond donors (Lipinski definition) is 1. The Bertz CT molecular complexity index is 486. The molecule has 1 rings (SSSR count). The van der Waals surface area contributed by atoms with E-state index in [1.165, 1.54) is 6.20 Å². The Morgan fingerprint density at radius 1 is 1.56 bits per heavy atom. The summed E-state index contributed by atoms with van der Waals surface area (Å²) in [6.45, 7) is 3.67. The number of nitriles is 1. The minimum atomic E-state index is -3.61. The zero-order valence-corrected chi connectivity index (χ0v) is 10.1. The van der Waals surface area contributed by atoms with E-state index in [-0.39, 0.29) is 18.1 Å². The third kappa shape index (κ3) is 2.40. The normalized spacial score (nSPS) is 11.6. The van der Waals surface area contributed by atoms with Crippen molar-refractivity contribution in [1.82, 2.24) is 14.3 Å². The molecule has 0 bridgehead atoms. The number of aromatic amines is 1. The lowest BCUT2D eigenvalue weighted by Gasteiger charge is -2.15. The number of aryl methyl sites for hydroxylation is 1. The highest BCUT2D eigenvalue weighted by Gasteiger charge is 2.24. The van der Waals surface area contributed by atoms with Gasteiger partial charge in [-0.1, -0.05) is 13.8 Å². The second-order valence-electron chi connectivity index (χ2n) is 3.14. The molecule has 0 atom stereocenters. The van der Waals surface area contributed by atoms with Crippen molar-refractivity contribution in [2.45, 2.75) is 25.3 Å². The molecular weight excluding hydrogens is 228 g/mol. The molecule has 0 saturated heterocycles. The number of aromatic nitrogens is 2. The van der Waals surface area contributed by atoms with Crippen LogP contribution in [0.3, 0.4) is 0 Å². The van der Waals surface area contributed by atoms with Gasteiger partial charge < -0.3 is 4.98 Å². The Morgan fingerprint density at radius 2 is 2.25 bits per heavy atom. The highest BCUT2D eigenvalue weighted by atomic mass is 32.2. The van der Waals surface area contributed by atoms with Gasteiger partial charge in [-0.3, -0.25) is 0 Å². The van der Waals surface area contributed by atoms with Crippen LogP contribution < -0.4 is 0 Å². The lowest BCUT2D eigenvalue weighted by Crippen LogP contribution is -2.31. The van der Waals surface area contributed by atoms with Gasteiger partial charge in [0.2, 0.25) is 0 Å². The molecule has 88 valence electrons. The van der Waals surface area contributed by atoms with Crippen LogP contribution in [0.2, 0.25) is 0 Å². The summed E-state index contributed by atoms with van der Waals surface area (Å²) < 4.78 is 25.1. The molecule has 0 saturated carbocycles. The Labute approximate surface area is 95.0 Å². The summed E-state index contributed by atoms with van der Waals surface area (Å²) in [7, 11) is -3.61. The van der Waals surface area contributed by atoms with Crippen molar-refractivity contribution in [3.63, 3.8) is 0 Å². The summed E-state index contributed by atoms with van der Waals surface area (Å²) in [5.74, 6) is 0.617. The van der Waals surface area contributed by atoms with Crippen molar-refractivity contribution in [2.75, 3.05) is 13.1 Å². The van der Waals surface area contributed by atoms with Crippen LogP contribution in [0.15, 0.2) is 11.2 Å². The zero-order chi connectivity index (χ0) is 12.2. The van der Waals surface area contributed by atoms with Crippen molar-refractivity contribution in [3.05, 3.63) is 12.0 Å². The van der Waals surface area contributed by atoms with Crippen LogP contribution in [-0.4, -0.2) is 35.8 Å². The van der Waals surface area contributed by atoms with Gasteiger partial charge in [0.25, 0.3) is 10.0 Å². The predicted molar refractivity (Wildman–Crippen MR) is 58.0 cm³/mol. The Kier molecular flexibility index (Phi) is 4.04. The first-order valence-electron chi connectivity index (χ1n) is 4.97. The van der Waals surface area contributed by atoms with Crippen molar-refractivity contribution in [1.29, 1.82) is 5.26 Å². The van der Waals surface area contributed by atoms with Crippen molar-refractivity contribution >= 4 is 10.0 Å². The molecule has 0 fully saturated rings. The largest absolute Gasteiger partial charge is 0.332 e. The molecule has 0 unspecified atom stereocenters. The first-order valence-corrected chi connectivity index (χ1v) is 6.41. The average Bonchev–Trinajstić information content (AvgIpc) is 2.74. The van der Waals surface area contributed by atoms with Gasteiger partial charge in [0.1, 0.15) is 12.4 Å². The molecule has 0 radical (unpaired) electrons. The summed E-state index contributed by atoms with van der Waals surface area (Å²) >= 11 is 0. The molecule has 16 heavy (non-hydrogen) atoms. The van der Waals surface area contributed by atoms with Gasteiger partial charge in [0.15, 0.2) is 5.03 Å². The second-order valence-corrected chi connectivity index (χ2v) is 5.04. The fourth-order valence-corrected chi connectivity index (χ4v) is 2.52. The van der Waals surface area contributed by atoms with E-state index in [4.69, 9.17) is 5.26 Å². The SMILES string of the molecule is CCc1ncc(S(=O)(=O)N(CC)CC#N)[nH]1. The van der Waals surface area contributed by atoms with Crippen LogP contribution in [0.5, 0.6) is 0 Å². The van der Waals surface area contributed by atoms with Crippen LogP contribution in [-0.2, 0) is 16.4 Å². The van der Waals surface area contributed by atoms with Gasteiger partial charge in [0, 0.05) is 13.0 Å². The minimum absolute atomic E-state index is 0.0430. The average molecular weight is 242 g/mol. The molecular formula is C9H14N4O2S. The first-order chi connectivity index (χ1) is 7.56. The monoisotopic (exact) mass is 242 g/mol. The lowest BCUT2D eigenvalue weighted by molar-refractivity contribution is 0.460. The number of imidazole rings is 1. The van der Waals surface area contributed by atoms with Gasteiger partial charge in [-0.2, -0.15) is 9.57 Å². The summed E-state index contributed by atoms with van der Waals surface area (Å²) in [5.41, 5.74) is 0. The maximum Gasteiger partial charge on any atom is 0.261 e. The molecule has 1 N–H and O–H groups in total. The smallest absolute Gasteiger partial charge is 0.261 e. The molecule has 1 heterocycles. The van der Waals surface area contributed by atoms with E-state index in [0.29, 0.717) is 12.2 Å². The van der Waals surface area contributed by atoms with E-state index in [1.807, 2.05) is 13.0 Å². The summed E-state index contributed by atoms with van der Waals surface area (Å²) in [6.07, 6.45) is 1.92. The maximum absolute atomic E-state index is 12.0. The van der Waals surface area contributed by atoms with E-state index in [2.05, 4.69) is 9.97 Å². The van der Waals surface area contributed by atoms with Crippen molar-refractivity contribution in [2.24, 2.45) is 0 Å². The summed E-state index contributed by atoms with van der Waals surface area (Å²) in [5, 5.41) is 8.59. The maximum atomic E-state index is 12.0. The molecule has 0 amide bonds. The van der Waals surface area contributed by atoms with Gasteiger partial charge >= 0.3 is 0 Å². The fraction of sp³-hybridized carbons (Fsp3) is 0.556. The lowest BCUT2D eigenvalue weighted by atomic mass is 10.5. The molecule has 0 aliphatic heterocycles. The topological polar surface area (TPSA) is 89.8 Å². The molecule has 7 heteroatoms. The standard InChI is InChI=1S/C9H14N4O2S/c1-3-8-11-7-9(12-8)16(14,15)13(4-2)6-5-10/h7H,3-4,6H2,1-2H3,(H,11,12). The number of hydrogen-bond acceptors (Lipinski definition) is 4. The minimum Gasteiger partial charge on any atom is -0.332 e. The van der Waals surface area contributed by atoms with E-state index < -0.39 is 10.0 Å². The molecule has 0 aliphatic carbocycles. The molecule has 1 aromatic heterocycles. The zero-order valence-electron chi connectivity index (χ0n) is 9.27. The second kappa shape index (κ2) is 5.09. The van der Waals surface area contributed by atoms with Crippen molar-refractivity contribution < 1.29 is 8.42 Å².